The first-order valence-corrected chi connectivity index (χ1v) is 2.45. The van der Waals surface area contributed by atoms with Crippen molar-refractivity contribution in [3.63, 3.8) is 0 Å². The van der Waals surface area contributed by atoms with Crippen molar-refractivity contribution in [2.45, 2.75) is 12.5 Å². The van der Waals surface area contributed by atoms with Crippen LogP contribution in [0.1, 0.15) is 0 Å². The highest BCUT2D eigenvalue weighted by Gasteiger charge is 2.39. The number of hydrogen-bond acceptors (Lipinski definition) is 2. The SMILES string of the molecule is C=CCOC(O)C(F)(F)F. The van der Waals surface area contributed by atoms with Crippen molar-refractivity contribution in [1.29, 1.82) is 0 Å². The molecule has 0 rings (SSSR count). The highest BCUT2D eigenvalue weighted by molar-refractivity contribution is 4.65. The van der Waals surface area contributed by atoms with E-state index in [4.69, 9.17) is 5.11 Å². The van der Waals surface area contributed by atoms with Gasteiger partial charge in [0.1, 0.15) is 0 Å². The summed E-state index contributed by atoms with van der Waals surface area (Å²) < 4.78 is 38.0. The summed E-state index contributed by atoms with van der Waals surface area (Å²) in [4.78, 5) is 0. The van der Waals surface area contributed by atoms with E-state index in [0.717, 1.165) is 6.08 Å². The van der Waals surface area contributed by atoms with Crippen LogP contribution in [-0.4, -0.2) is 24.2 Å². The molecule has 0 spiro atoms. The topological polar surface area (TPSA) is 29.5 Å². The molecule has 0 aliphatic carbocycles. The standard InChI is InChI=1S/C5H7F3O2/c1-2-3-10-4(9)5(6,7)8/h2,4,9H,1,3H2. The van der Waals surface area contributed by atoms with Gasteiger partial charge in [-0.25, -0.2) is 0 Å². The monoisotopic (exact) mass is 156 g/mol. The number of alkyl halides is 3. The van der Waals surface area contributed by atoms with Crippen molar-refractivity contribution in [3.8, 4) is 0 Å². The van der Waals surface area contributed by atoms with Crippen LogP contribution in [0.15, 0.2) is 12.7 Å². The summed E-state index contributed by atoms with van der Waals surface area (Å²) >= 11 is 0. The Hall–Kier alpha value is -0.550. The molecule has 1 atom stereocenters. The van der Waals surface area contributed by atoms with Gasteiger partial charge in [0, 0.05) is 0 Å². The van der Waals surface area contributed by atoms with Gasteiger partial charge in [0.2, 0.25) is 0 Å². The van der Waals surface area contributed by atoms with Gasteiger partial charge in [-0.3, -0.25) is 0 Å². The van der Waals surface area contributed by atoms with Crippen LogP contribution in [0.3, 0.4) is 0 Å². The number of hydrogen-bond donors (Lipinski definition) is 1. The molecule has 0 aromatic heterocycles. The molecular weight excluding hydrogens is 149 g/mol. The lowest BCUT2D eigenvalue weighted by Gasteiger charge is -2.13. The average Bonchev–Trinajstić information content (AvgIpc) is 1.80. The van der Waals surface area contributed by atoms with Crippen molar-refractivity contribution >= 4 is 0 Å². The first kappa shape index (κ1) is 9.45. The normalized spacial score (nSPS) is 14.8. The van der Waals surface area contributed by atoms with Crippen molar-refractivity contribution in [1.82, 2.24) is 0 Å². The summed E-state index contributed by atoms with van der Waals surface area (Å²) in [7, 11) is 0. The third-order valence-corrected chi connectivity index (χ3v) is 0.652. The van der Waals surface area contributed by atoms with Crippen LogP contribution in [0.5, 0.6) is 0 Å². The molecule has 2 nitrogen and oxygen atoms in total. The maximum Gasteiger partial charge on any atom is 0.439 e. The molecule has 5 heteroatoms. The van der Waals surface area contributed by atoms with Gasteiger partial charge < -0.3 is 9.84 Å². The molecule has 0 saturated heterocycles. The molecule has 0 heterocycles. The average molecular weight is 156 g/mol. The van der Waals surface area contributed by atoms with E-state index in [0.29, 0.717) is 0 Å². The third-order valence-electron chi connectivity index (χ3n) is 0.652. The molecule has 0 amide bonds. The van der Waals surface area contributed by atoms with Gasteiger partial charge in [-0.15, -0.1) is 6.58 Å². The number of aliphatic hydroxyl groups excluding tert-OH is 1. The summed E-state index contributed by atoms with van der Waals surface area (Å²) in [5, 5.41) is 8.12. The molecule has 0 saturated carbocycles. The molecule has 1 unspecified atom stereocenters. The first-order chi connectivity index (χ1) is 4.48. The fourth-order valence-electron chi connectivity index (χ4n) is 0.254. The molecule has 0 aliphatic rings. The van der Waals surface area contributed by atoms with E-state index in [1.165, 1.54) is 0 Å². The molecule has 0 bridgehead atoms. The second-order valence-corrected chi connectivity index (χ2v) is 1.52. The minimum absolute atomic E-state index is 0.319. The molecule has 0 fully saturated rings. The molecule has 0 aromatic carbocycles. The van der Waals surface area contributed by atoms with Gasteiger partial charge in [0.15, 0.2) is 0 Å². The Balaban J connectivity index is 3.61. The smallest absolute Gasteiger partial charge is 0.361 e. The fourth-order valence-corrected chi connectivity index (χ4v) is 0.254. The summed E-state index contributed by atoms with van der Waals surface area (Å²) in [6, 6.07) is 0. The Labute approximate surface area is 55.9 Å². The Morgan fingerprint density at radius 3 is 2.40 bits per heavy atom. The van der Waals surface area contributed by atoms with Crippen molar-refractivity contribution in [3.05, 3.63) is 12.7 Å². The van der Waals surface area contributed by atoms with E-state index in [1.807, 2.05) is 0 Å². The fraction of sp³-hybridized carbons (Fsp3) is 0.600. The second kappa shape index (κ2) is 3.58. The predicted octanol–water partition coefficient (Wildman–Crippen LogP) is 1.07. The Kier molecular flexibility index (Phi) is 3.38. The Morgan fingerprint density at radius 1 is 1.60 bits per heavy atom. The van der Waals surface area contributed by atoms with Gasteiger partial charge in [-0.05, 0) is 0 Å². The molecule has 1 N–H and O–H groups in total. The molecule has 0 radical (unpaired) electrons. The van der Waals surface area contributed by atoms with Crippen LogP contribution < -0.4 is 0 Å². The van der Waals surface area contributed by atoms with Crippen molar-refractivity contribution in [2.24, 2.45) is 0 Å². The van der Waals surface area contributed by atoms with E-state index >= 15 is 0 Å². The highest BCUT2D eigenvalue weighted by atomic mass is 19.4. The second-order valence-electron chi connectivity index (χ2n) is 1.52. The molecule has 0 aliphatic heterocycles. The third kappa shape index (κ3) is 3.47. The molecule has 10 heavy (non-hydrogen) atoms. The zero-order valence-electron chi connectivity index (χ0n) is 5.06. The summed E-state index contributed by atoms with van der Waals surface area (Å²) in [5.41, 5.74) is 0. The zero-order valence-corrected chi connectivity index (χ0v) is 5.06. The number of rotatable bonds is 3. The van der Waals surface area contributed by atoms with Crippen LogP contribution in [-0.2, 0) is 4.74 Å². The van der Waals surface area contributed by atoms with Crippen LogP contribution in [0.4, 0.5) is 13.2 Å². The molecular formula is C5H7F3O2. The van der Waals surface area contributed by atoms with Gasteiger partial charge in [-0.1, -0.05) is 6.08 Å². The van der Waals surface area contributed by atoms with E-state index in [9.17, 15) is 13.2 Å². The van der Waals surface area contributed by atoms with Gasteiger partial charge in [0.25, 0.3) is 6.29 Å². The lowest BCUT2D eigenvalue weighted by molar-refractivity contribution is -0.290. The molecule has 60 valence electrons. The maximum atomic E-state index is 11.4. The summed E-state index contributed by atoms with van der Waals surface area (Å²) in [6.45, 7) is 2.79. The maximum absolute atomic E-state index is 11.4. The van der Waals surface area contributed by atoms with E-state index in [1.54, 1.807) is 0 Å². The number of halogens is 3. The zero-order chi connectivity index (χ0) is 8.20. The van der Waals surface area contributed by atoms with E-state index < -0.39 is 12.5 Å². The largest absolute Gasteiger partial charge is 0.439 e. The minimum Gasteiger partial charge on any atom is -0.361 e. The van der Waals surface area contributed by atoms with Gasteiger partial charge in [-0.2, -0.15) is 13.2 Å². The quantitative estimate of drug-likeness (QED) is 0.489. The Morgan fingerprint density at radius 2 is 2.10 bits per heavy atom. The summed E-state index contributed by atoms with van der Waals surface area (Å²) in [6.07, 6.45) is -6.29. The van der Waals surface area contributed by atoms with E-state index in [2.05, 4.69) is 11.3 Å². The van der Waals surface area contributed by atoms with E-state index in [-0.39, 0.29) is 6.61 Å². The minimum atomic E-state index is -4.71. The van der Waals surface area contributed by atoms with Crippen molar-refractivity contribution in [2.75, 3.05) is 6.61 Å². The van der Waals surface area contributed by atoms with Crippen LogP contribution in [0.25, 0.3) is 0 Å². The number of ether oxygens (including phenoxy) is 1. The van der Waals surface area contributed by atoms with Crippen LogP contribution in [0, 0.1) is 0 Å². The first-order valence-electron chi connectivity index (χ1n) is 2.45. The van der Waals surface area contributed by atoms with Gasteiger partial charge >= 0.3 is 6.18 Å². The van der Waals surface area contributed by atoms with Crippen LogP contribution >= 0.6 is 0 Å². The lowest BCUT2D eigenvalue weighted by atomic mass is 10.6. The molecule has 0 aromatic rings. The number of aliphatic hydroxyl groups is 1. The summed E-state index contributed by atoms with van der Waals surface area (Å²) in [5.74, 6) is 0. The van der Waals surface area contributed by atoms with Gasteiger partial charge in [0.05, 0.1) is 6.61 Å². The highest BCUT2D eigenvalue weighted by Crippen LogP contribution is 2.20. The lowest BCUT2D eigenvalue weighted by Crippen LogP contribution is -2.31. The predicted molar refractivity (Wildman–Crippen MR) is 28.2 cm³/mol. The van der Waals surface area contributed by atoms with Crippen molar-refractivity contribution < 1.29 is 23.0 Å². The van der Waals surface area contributed by atoms with Crippen LogP contribution in [0.2, 0.25) is 0 Å². The Bertz CT molecular complexity index is 110.